The average molecular weight is 353 g/mol. The van der Waals surface area contributed by atoms with E-state index in [1.165, 1.54) is 12.8 Å². The molecular weight excluding hydrogens is 334 g/mol. The Hall–Kier alpha value is -2.81. The molecule has 0 bridgehead atoms. The molecule has 0 saturated heterocycles. The molecule has 1 saturated carbocycles. The number of anilines is 1. The van der Waals surface area contributed by atoms with Gasteiger partial charge in [-0.15, -0.1) is 0 Å². The minimum absolute atomic E-state index is 0.0959. The van der Waals surface area contributed by atoms with Crippen LogP contribution in [0.4, 0.5) is 5.95 Å². The van der Waals surface area contributed by atoms with E-state index in [9.17, 15) is 0 Å². The van der Waals surface area contributed by atoms with Gasteiger partial charge in [-0.2, -0.15) is 4.98 Å². The summed E-state index contributed by atoms with van der Waals surface area (Å²) < 4.78 is 13.8. The third kappa shape index (κ3) is 2.64. The van der Waals surface area contributed by atoms with E-state index in [1.54, 1.807) is 12.4 Å². The number of imidazole rings is 1. The SMILES string of the molecule is CC(Oc1nc(-c2cnc(N)nc2)nc2c1nc1n2CCOC1)C1CC1. The number of hydrogen-bond acceptors (Lipinski definition) is 8. The Kier molecular flexibility index (Phi) is 3.49. The average Bonchev–Trinajstić information content (AvgIpc) is 3.44. The molecule has 9 heteroatoms. The van der Waals surface area contributed by atoms with Crippen LogP contribution in [-0.4, -0.2) is 42.2 Å². The van der Waals surface area contributed by atoms with Crippen molar-refractivity contribution >= 4 is 17.1 Å². The molecule has 3 aromatic rings. The standard InChI is InChI=1S/C17H19N7O2/c1-9(10-2-3-10)26-16-13-15(24-4-5-25-8-12(24)21-13)22-14(23-16)11-6-19-17(18)20-7-11/h6-7,9-10H,2-5,8H2,1H3,(H2,18,19,20). The number of nitrogens with zero attached hydrogens (tertiary/aromatic N) is 6. The van der Waals surface area contributed by atoms with Crippen molar-refractivity contribution in [3.63, 3.8) is 0 Å². The number of ether oxygens (including phenoxy) is 2. The topological polar surface area (TPSA) is 114 Å². The zero-order valence-corrected chi connectivity index (χ0v) is 14.4. The first-order valence-corrected chi connectivity index (χ1v) is 8.78. The first-order chi connectivity index (χ1) is 12.7. The molecule has 0 spiro atoms. The molecule has 1 unspecified atom stereocenters. The molecule has 26 heavy (non-hydrogen) atoms. The lowest BCUT2D eigenvalue weighted by Gasteiger charge is -2.15. The maximum atomic E-state index is 6.18. The lowest BCUT2D eigenvalue weighted by Crippen LogP contribution is -2.17. The van der Waals surface area contributed by atoms with Crippen molar-refractivity contribution in [3.8, 4) is 17.3 Å². The first-order valence-electron chi connectivity index (χ1n) is 8.78. The molecule has 3 aromatic heterocycles. The Morgan fingerprint density at radius 1 is 1.23 bits per heavy atom. The Morgan fingerprint density at radius 2 is 2.04 bits per heavy atom. The molecule has 2 N–H and O–H groups in total. The van der Waals surface area contributed by atoms with Crippen molar-refractivity contribution in [3.05, 3.63) is 18.2 Å². The number of aromatic nitrogens is 6. The minimum Gasteiger partial charge on any atom is -0.473 e. The van der Waals surface area contributed by atoms with Crippen molar-refractivity contribution in [1.82, 2.24) is 29.5 Å². The Balaban J connectivity index is 1.66. The molecule has 1 fully saturated rings. The fourth-order valence-corrected chi connectivity index (χ4v) is 3.19. The first kappa shape index (κ1) is 15.4. The van der Waals surface area contributed by atoms with Gasteiger partial charge in [0, 0.05) is 18.9 Å². The molecule has 0 aromatic carbocycles. The van der Waals surface area contributed by atoms with Crippen LogP contribution in [0.25, 0.3) is 22.6 Å². The summed E-state index contributed by atoms with van der Waals surface area (Å²) in [6, 6.07) is 0. The Morgan fingerprint density at radius 3 is 2.81 bits per heavy atom. The summed E-state index contributed by atoms with van der Waals surface area (Å²) in [5, 5.41) is 0. The molecule has 2 aliphatic rings. The monoisotopic (exact) mass is 353 g/mol. The van der Waals surface area contributed by atoms with E-state index < -0.39 is 0 Å². The molecule has 9 nitrogen and oxygen atoms in total. The van der Waals surface area contributed by atoms with Crippen LogP contribution in [0.1, 0.15) is 25.6 Å². The fraction of sp³-hybridized carbons (Fsp3) is 0.471. The van der Waals surface area contributed by atoms with E-state index in [0.717, 1.165) is 11.5 Å². The highest BCUT2D eigenvalue weighted by atomic mass is 16.5. The lowest BCUT2D eigenvalue weighted by molar-refractivity contribution is 0.0828. The van der Waals surface area contributed by atoms with Crippen molar-refractivity contribution in [2.75, 3.05) is 12.3 Å². The van der Waals surface area contributed by atoms with Crippen LogP contribution < -0.4 is 10.5 Å². The Bertz CT molecular complexity index is 965. The van der Waals surface area contributed by atoms with Gasteiger partial charge in [0.1, 0.15) is 18.5 Å². The van der Waals surface area contributed by atoms with Gasteiger partial charge in [0.15, 0.2) is 17.0 Å². The molecule has 0 amide bonds. The molecule has 134 valence electrons. The molecule has 0 radical (unpaired) electrons. The van der Waals surface area contributed by atoms with E-state index in [4.69, 9.17) is 20.2 Å². The van der Waals surface area contributed by atoms with Crippen LogP contribution in [0.2, 0.25) is 0 Å². The number of nitrogen functional groups attached to an aromatic ring is 1. The van der Waals surface area contributed by atoms with E-state index in [-0.39, 0.29) is 12.1 Å². The van der Waals surface area contributed by atoms with Gasteiger partial charge < -0.3 is 19.8 Å². The van der Waals surface area contributed by atoms with Gasteiger partial charge in [0.2, 0.25) is 11.8 Å². The highest BCUT2D eigenvalue weighted by Gasteiger charge is 2.31. The van der Waals surface area contributed by atoms with Gasteiger partial charge in [-0.1, -0.05) is 0 Å². The largest absolute Gasteiger partial charge is 0.473 e. The second-order valence-electron chi connectivity index (χ2n) is 6.75. The van der Waals surface area contributed by atoms with Crippen molar-refractivity contribution in [2.24, 2.45) is 5.92 Å². The number of rotatable bonds is 4. The van der Waals surface area contributed by atoms with Crippen LogP contribution in [0.3, 0.4) is 0 Å². The van der Waals surface area contributed by atoms with Crippen molar-refractivity contribution in [2.45, 2.75) is 39.0 Å². The van der Waals surface area contributed by atoms with Crippen molar-refractivity contribution < 1.29 is 9.47 Å². The summed E-state index contributed by atoms with van der Waals surface area (Å²) in [7, 11) is 0. The molecule has 1 aliphatic carbocycles. The van der Waals surface area contributed by atoms with Gasteiger partial charge in [-0.25, -0.2) is 19.9 Å². The van der Waals surface area contributed by atoms with Crippen LogP contribution in [0, 0.1) is 5.92 Å². The molecule has 1 aliphatic heterocycles. The van der Waals surface area contributed by atoms with Crippen molar-refractivity contribution in [1.29, 1.82) is 0 Å². The molecule has 1 atom stereocenters. The fourth-order valence-electron chi connectivity index (χ4n) is 3.19. The Labute approximate surface area is 149 Å². The number of hydrogen-bond donors (Lipinski definition) is 1. The summed E-state index contributed by atoms with van der Waals surface area (Å²) in [5.41, 5.74) is 7.71. The highest BCUT2D eigenvalue weighted by molar-refractivity contribution is 5.79. The zero-order chi connectivity index (χ0) is 17.7. The summed E-state index contributed by atoms with van der Waals surface area (Å²) in [6.07, 6.45) is 5.73. The summed E-state index contributed by atoms with van der Waals surface area (Å²) in [6.45, 7) is 3.89. The number of nitrogens with two attached hydrogens (primary N) is 1. The van der Waals surface area contributed by atoms with E-state index in [1.807, 2.05) is 0 Å². The lowest BCUT2D eigenvalue weighted by atomic mass is 10.3. The third-order valence-electron chi connectivity index (χ3n) is 4.85. The zero-order valence-electron chi connectivity index (χ0n) is 14.4. The van der Waals surface area contributed by atoms with E-state index in [0.29, 0.717) is 48.5 Å². The normalized spacial score (nSPS) is 17.9. The van der Waals surface area contributed by atoms with E-state index in [2.05, 4.69) is 31.4 Å². The minimum atomic E-state index is 0.0959. The second-order valence-corrected chi connectivity index (χ2v) is 6.75. The van der Waals surface area contributed by atoms with Gasteiger partial charge in [-0.05, 0) is 25.7 Å². The summed E-state index contributed by atoms with van der Waals surface area (Å²) in [5.74, 6) is 2.65. The van der Waals surface area contributed by atoms with E-state index >= 15 is 0 Å². The van der Waals surface area contributed by atoms with Crippen LogP contribution in [0.5, 0.6) is 5.88 Å². The molecular formula is C17H19N7O2. The molecule has 4 heterocycles. The van der Waals surface area contributed by atoms with Gasteiger partial charge >= 0.3 is 0 Å². The number of fused-ring (bicyclic) bond motifs is 3. The molecule has 5 rings (SSSR count). The van der Waals surface area contributed by atoms with Gasteiger partial charge in [0.05, 0.1) is 12.2 Å². The van der Waals surface area contributed by atoms with Crippen LogP contribution in [0.15, 0.2) is 12.4 Å². The summed E-state index contributed by atoms with van der Waals surface area (Å²) in [4.78, 5) is 22.1. The quantitative estimate of drug-likeness (QED) is 0.752. The maximum Gasteiger partial charge on any atom is 0.246 e. The highest BCUT2D eigenvalue weighted by Crippen LogP contribution is 2.36. The predicted octanol–water partition coefficient (Wildman–Crippen LogP) is 1.57. The van der Waals surface area contributed by atoms with Crippen LogP contribution in [-0.2, 0) is 17.9 Å². The third-order valence-corrected chi connectivity index (χ3v) is 4.85. The van der Waals surface area contributed by atoms with Gasteiger partial charge in [0.25, 0.3) is 0 Å². The smallest absolute Gasteiger partial charge is 0.246 e. The predicted molar refractivity (Wildman–Crippen MR) is 93.2 cm³/mol. The summed E-state index contributed by atoms with van der Waals surface area (Å²) >= 11 is 0. The second kappa shape index (κ2) is 5.87. The maximum absolute atomic E-state index is 6.18. The van der Waals surface area contributed by atoms with Crippen LogP contribution >= 0.6 is 0 Å². The van der Waals surface area contributed by atoms with Gasteiger partial charge in [-0.3, -0.25) is 0 Å².